The Balaban J connectivity index is 1.60. The molecule has 4 rings (SSSR count). The molecule has 0 radical (unpaired) electrons. The van der Waals surface area contributed by atoms with Gasteiger partial charge >= 0.3 is 6.09 Å². The molecule has 4 aromatic carbocycles. The van der Waals surface area contributed by atoms with E-state index in [4.69, 9.17) is 4.74 Å². The Morgan fingerprint density at radius 1 is 0.625 bits per heavy atom. The topological polar surface area (TPSA) is 46.6 Å². The molecule has 4 aromatic rings. The number of para-hydroxylation sites is 3. The van der Waals surface area contributed by atoms with Crippen LogP contribution in [0.3, 0.4) is 0 Å². The van der Waals surface area contributed by atoms with Gasteiger partial charge in [-0.3, -0.25) is 4.79 Å². The van der Waals surface area contributed by atoms with Gasteiger partial charge in [-0.1, -0.05) is 84.9 Å². The lowest BCUT2D eigenvalue weighted by Gasteiger charge is -2.22. The van der Waals surface area contributed by atoms with E-state index in [-0.39, 0.29) is 5.78 Å². The summed E-state index contributed by atoms with van der Waals surface area (Å²) in [6.45, 7) is 0. The fourth-order valence-electron chi connectivity index (χ4n) is 3.23. The van der Waals surface area contributed by atoms with Crippen molar-refractivity contribution in [2.24, 2.45) is 0 Å². The number of rotatable bonds is 6. The number of carbonyl (C=O) groups is 2. The zero-order valence-corrected chi connectivity index (χ0v) is 17.3. The third-order valence-corrected chi connectivity index (χ3v) is 4.80. The summed E-state index contributed by atoms with van der Waals surface area (Å²) >= 11 is 0. The van der Waals surface area contributed by atoms with Crippen LogP contribution in [0.15, 0.2) is 121 Å². The first-order chi connectivity index (χ1) is 15.7. The standard InChI is InChI=1S/C28H21NO3/c30-26(22-12-4-1-5-13-22)21-20-23-14-10-11-19-27(23)32-28(31)29(24-15-6-2-7-16-24)25-17-8-3-9-18-25/h1-21H. The highest BCUT2D eigenvalue weighted by Crippen LogP contribution is 2.28. The molecule has 0 unspecified atom stereocenters. The summed E-state index contributed by atoms with van der Waals surface area (Å²) < 4.78 is 5.78. The fraction of sp³-hybridized carbons (Fsp3) is 0. The van der Waals surface area contributed by atoms with E-state index in [1.165, 1.54) is 11.0 Å². The summed E-state index contributed by atoms with van der Waals surface area (Å²) in [7, 11) is 0. The van der Waals surface area contributed by atoms with Crippen LogP contribution in [0.4, 0.5) is 16.2 Å². The normalized spacial score (nSPS) is 10.6. The highest BCUT2D eigenvalue weighted by atomic mass is 16.6. The second-order valence-corrected chi connectivity index (χ2v) is 6.98. The lowest BCUT2D eigenvalue weighted by atomic mass is 10.1. The van der Waals surface area contributed by atoms with Crippen LogP contribution in [0.5, 0.6) is 5.75 Å². The Kier molecular flexibility index (Phi) is 6.54. The average molecular weight is 419 g/mol. The van der Waals surface area contributed by atoms with Crippen LogP contribution < -0.4 is 9.64 Å². The molecule has 32 heavy (non-hydrogen) atoms. The maximum Gasteiger partial charge on any atom is 0.424 e. The second-order valence-electron chi connectivity index (χ2n) is 6.98. The number of ketones is 1. The van der Waals surface area contributed by atoms with E-state index >= 15 is 0 Å². The molecule has 156 valence electrons. The average Bonchev–Trinajstić information content (AvgIpc) is 2.85. The smallest absolute Gasteiger partial charge is 0.409 e. The summed E-state index contributed by atoms with van der Waals surface area (Å²) in [4.78, 5) is 27.2. The summed E-state index contributed by atoms with van der Waals surface area (Å²) in [6.07, 6.45) is 2.60. The Hall–Kier alpha value is -4.44. The predicted molar refractivity (Wildman–Crippen MR) is 127 cm³/mol. The van der Waals surface area contributed by atoms with Gasteiger partial charge in [0.05, 0.1) is 11.4 Å². The summed E-state index contributed by atoms with van der Waals surface area (Å²) in [5, 5.41) is 0. The van der Waals surface area contributed by atoms with Crippen LogP contribution in [0.1, 0.15) is 15.9 Å². The van der Waals surface area contributed by atoms with E-state index in [0.717, 1.165) is 0 Å². The maximum absolute atomic E-state index is 13.2. The van der Waals surface area contributed by atoms with Crippen molar-refractivity contribution in [2.45, 2.75) is 0 Å². The SMILES string of the molecule is O=C(C=Cc1ccccc1OC(=O)N(c1ccccc1)c1ccccc1)c1ccccc1. The molecule has 0 fully saturated rings. The van der Waals surface area contributed by atoms with E-state index in [1.807, 2.05) is 84.9 Å². The van der Waals surface area contributed by atoms with Gasteiger partial charge in [-0.15, -0.1) is 0 Å². The number of allylic oxidation sites excluding steroid dienone is 1. The third kappa shape index (κ3) is 4.99. The van der Waals surface area contributed by atoms with Crippen LogP contribution in [-0.4, -0.2) is 11.9 Å². The van der Waals surface area contributed by atoms with Crippen molar-refractivity contribution in [1.29, 1.82) is 0 Å². The first kappa shape index (κ1) is 20.8. The van der Waals surface area contributed by atoms with Gasteiger partial charge in [0, 0.05) is 11.1 Å². The molecule has 0 atom stereocenters. The van der Waals surface area contributed by atoms with Crippen molar-refractivity contribution < 1.29 is 14.3 Å². The minimum absolute atomic E-state index is 0.123. The first-order valence-corrected chi connectivity index (χ1v) is 10.2. The molecule has 0 saturated heterocycles. The fourth-order valence-corrected chi connectivity index (χ4v) is 3.23. The molecule has 0 aromatic heterocycles. The van der Waals surface area contributed by atoms with Crippen LogP contribution >= 0.6 is 0 Å². The molecule has 0 saturated carbocycles. The molecular weight excluding hydrogens is 398 g/mol. The lowest BCUT2D eigenvalue weighted by molar-refractivity contribution is 0.104. The van der Waals surface area contributed by atoms with E-state index < -0.39 is 6.09 Å². The Bertz CT molecular complexity index is 1180. The highest BCUT2D eigenvalue weighted by molar-refractivity contribution is 6.07. The zero-order chi connectivity index (χ0) is 22.2. The van der Waals surface area contributed by atoms with Crippen molar-refractivity contribution in [1.82, 2.24) is 0 Å². The molecule has 1 amide bonds. The van der Waals surface area contributed by atoms with Gasteiger partial charge in [0.1, 0.15) is 5.75 Å². The van der Waals surface area contributed by atoms with E-state index in [2.05, 4.69) is 0 Å². The molecule has 0 heterocycles. The molecular formula is C28H21NO3. The van der Waals surface area contributed by atoms with Gasteiger partial charge in [0.15, 0.2) is 5.78 Å². The summed E-state index contributed by atoms with van der Waals surface area (Å²) in [5.74, 6) is 0.244. The number of hydrogen-bond donors (Lipinski definition) is 0. The van der Waals surface area contributed by atoms with E-state index in [1.54, 1.807) is 36.4 Å². The van der Waals surface area contributed by atoms with Crippen molar-refractivity contribution in [2.75, 3.05) is 4.90 Å². The van der Waals surface area contributed by atoms with Crippen molar-refractivity contribution >= 4 is 29.3 Å². The maximum atomic E-state index is 13.2. The third-order valence-electron chi connectivity index (χ3n) is 4.80. The van der Waals surface area contributed by atoms with Crippen LogP contribution in [-0.2, 0) is 0 Å². The van der Waals surface area contributed by atoms with Gasteiger partial charge in [0.25, 0.3) is 0 Å². The van der Waals surface area contributed by atoms with Crippen LogP contribution in [0.2, 0.25) is 0 Å². The molecule has 0 aliphatic carbocycles. The molecule has 4 nitrogen and oxygen atoms in total. The first-order valence-electron chi connectivity index (χ1n) is 10.2. The molecule has 0 spiro atoms. The highest BCUT2D eigenvalue weighted by Gasteiger charge is 2.20. The quantitative estimate of drug-likeness (QED) is 0.252. The van der Waals surface area contributed by atoms with Crippen molar-refractivity contribution in [3.05, 3.63) is 132 Å². The van der Waals surface area contributed by atoms with Crippen LogP contribution in [0.25, 0.3) is 6.08 Å². The Labute approximate surface area is 187 Å². The summed E-state index contributed by atoms with van der Waals surface area (Å²) in [5.41, 5.74) is 2.61. The van der Waals surface area contributed by atoms with Gasteiger partial charge in [-0.05, 0) is 42.5 Å². The molecule has 0 bridgehead atoms. The number of hydrogen-bond acceptors (Lipinski definition) is 3. The number of amides is 1. The number of nitrogens with zero attached hydrogens (tertiary/aromatic N) is 1. The minimum Gasteiger partial charge on any atom is -0.409 e. The summed E-state index contributed by atoms with van der Waals surface area (Å²) in [6, 6.07) is 34.8. The molecule has 0 aliphatic rings. The van der Waals surface area contributed by atoms with Crippen molar-refractivity contribution in [3.63, 3.8) is 0 Å². The van der Waals surface area contributed by atoms with Gasteiger partial charge in [-0.25, -0.2) is 9.69 Å². The molecule has 4 heteroatoms. The number of anilines is 2. The second kappa shape index (κ2) is 10.0. The largest absolute Gasteiger partial charge is 0.424 e. The van der Waals surface area contributed by atoms with Crippen LogP contribution in [0, 0.1) is 0 Å². The number of benzene rings is 4. The molecule has 0 N–H and O–H groups in total. The predicted octanol–water partition coefficient (Wildman–Crippen LogP) is 6.92. The van der Waals surface area contributed by atoms with E-state index in [0.29, 0.717) is 28.3 Å². The lowest BCUT2D eigenvalue weighted by Crippen LogP contribution is -2.29. The van der Waals surface area contributed by atoms with Gasteiger partial charge < -0.3 is 4.74 Å². The Morgan fingerprint density at radius 2 is 1.12 bits per heavy atom. The zero-order valence-electron chi connectivity index (χ0n) is 17.3. The number of carbonyl (C=O) groups excluding carboxylic acids is 2. The monoisotopic (exact) mass is 419 g/mol. The molecule has 0 aliphatic heterocycles. The Morgan fingerprint density at radius 3 is 1.72 bits per heavy atom. The van der Waals surface area contributed by atoms with Gasteiger partial charge in [0.2, 0.25) is 0 Å². The van der Waals surface area contributed by atoms with Gasteiger partial charge in [-0.2, -0.15) is 0 Å². The van der Waals surface area contributed by atoms with E-state index in [9.17, 15) is 9.59 Å². The van der Waals surface area contributed by atoms with Crippen molar-refractivity contribution in [3.8, 4) is 5.75 Å². The minimum atomic E-state index is -0.544. The number of ether oxygens (including phenoxy) is 1.